The van der Waals surface area contributed by atoms with Gasteiger partial charge in [0.05, 0.1) is 30.7 Å². The molecular weight excluding hydrogens is 368 g/mol. The molecule has 3 rings (SSSR count). The summed E-state index contributed by atoms with van der Waals surface area (Å²) in [5, 5.41) is 15.4. The molecule has 2 heterocycles. The average Bonchev–Trinajstić information content (AvgIpc) is 3.40. The highest BCUT2D eigenvalue weighted by Gasteiger charge is 2.13. The van der Waals surface area contributed by atoms with Gasteiger partial charge in [-0.15, -0.1) is 0 Å². The fourth-order valence-corrected chi connectivity index (χ4v) is 3.04. The van der Waals surface area contributed by atoms with Gasteiger partial charge < -0.3 is 19.9 Å². The van der Waals surface area contributed by atoms with Crippen LogP contribution in [0.3, 0.4) is 0 Å². The first-order valence-electron chi connectivity index (χ1n) is 9.78. The van der Waals surface area contributed by atoms with Crippen molar-refractivity contribution in [3.05, 3.63) is 59.2 Å². The maximum atomic E-state index is 5.42. The van der Waals surface area contributed by atoms with Gasteiger partial charge >= 0.3 is 0 Å². The molecule has 0 aliphatic carbocycles. The number of nitrogens with one attached hydrogen (secondary N) is 2. The van der Waals surface area contributed by atoms with Crippen molar-refractivity contribution >= 4 is 5.96 Å². The summed E-state index contributed by atoms with van der Waals surface area (Å²) in [6.07, 6.45) is 3.60. The summed E-state index contributed by atoms with van der Waals surface area (Å²) in [6.45, 7) is 5.33. The minimum atomic E-state index is 0.563. The number of rotatable bonds is 8. The molecule has 0 bridgehead atoms. The van der Waals surface area contributed by atoms with Crippen molar-refractivity contribution < 1.29 is 9.26 Å². The maximum absolute atomic E-state index is 5.42. The van der Waals surface area contributed by atoms with E-state index in [0.717, 1.165) is 47.0 Å². The van der Waals surface area contributed by atoms with Gasteiger partial charge in [0, 0.05) is 31.8 Å². The van der Waals surface area contributed by atoms with E-state index >= 15 is 0 Å². The van der Waals surface area contributed by atoms with Crippen molar-refractivity contribution in [2.45, 2.75) is 39.8 Å². The smallest absolute Gasteiger partial charge is 0.191 e. The van der Waals surface area contributed by atoms with Gasteiger partial charge in [-0.25, -0.2) is 4.68 Å². The molecule has 0 aliphatic rings. The second-order valence-electron chi connectivity index (χ2n) is 6.47. The Morgan fingerprint density at radius 1 is 1.10 bits per heavy atom. The molecule has 1 aromatic carbocycles. The van der Waals surface area contributed by atoms with Gasteiger partial charge in [0.25, 0.3) is 0 Å². The summed E-state index contributed by atoms with van der Waals surface area (Å²) in [5.74, 6) is 2.44. The van der Waals surface area contributed by atoms with Gasteiger partial charge in [0.2, 0.25) is 0 Å². The predicted octanol–water partition coefficient (Wildman–Crippen LogP) is 2.86. The highest BCUT2D eigenvalue weighted by atomic mass is 16.5. The summed E-state index contributed by atoms with van der Waals surface area (Å²) < 4.78 is 12.5. The van der Waals surface area contributed by atoms with Crippen LogP contribution in [-0.2, 0) is 25.9 Å². The van der Waals surface area contributed by atoms with Crippen molar-refractivity contribution in [1.82, 2.24) is 25.6 Å². The summed E-state index contributed by atoms with van der Waals surface area (Å²) in [7, 11) is 3.41. The van der Waals surface area contributed by atoms with Gasteiger partial charge in [-0.1, -0.05) is 19.0 Å². The monoisotopic (exact) mass is 396 g/mol. The lowest BCUT2D eigenvalue weighted by Crippen LogP contribution is -2.36. The number of aromatic nitrogens is 3. The molecular formula is C21H28N6O2. The third-order valence-corrected chi connectivity index (χ3v) is 4.68. The molecule has 0 amide bonds. The molecule has 0 unspecified atom stereocenters. The normalized spacial score (nSPS) is 11.5. The zero-order chi connectivity index (χ0) is 20.6. The zero-order valence-electron chi connectivity index (χ0n) is 17.4. The highest BCUT2D eigenvalue weighted by Crippen LogP contribution is 2.16. The van der Waals surface area contributed by atoms with Gasteiger partial charge in [-0.2, -0.15) is 5.10 Å². The highest BCUT2D eigenvalue weighted by molar-refractivity contribution is 5.79. The van der Waals surface area contributed by atoms with Crippen LogP contribution in [0.4, 0.5) is 0 Å². The summed E-state index contributed by atoms with van der Waals surface area (Å²) >= 11 is 0. The van der Waals surface area contributed by atoms with Crippen LogP contribution in [0, 0.1) is 0 Å². The quantitative estimate of drug-likeness (QED) is 0.450. The van der Waals surface area contributed by atoms with E-state index in [1.807, 2.05) is 41.2 Å². The first kappa shape index (κ1) is 20.4. The minimum absolute atomic E-state index is 0.563. The third-order valence-electron chi connectivity index (χ3n) is 4.68. The first-order chi connectivity index (χ1) is 14.2. The lowest BCUT2D eigenvalue weighted by molar-refractivity contribution is 0.380. The Morgan fingerprint density at radius 3 is 2.52 bits per heavy atom. The minimum Gasteiger partial charge on any atom is -0.497 e. The maximum Gasteiger partial charge on any atom is 0.191 e. The fraction of sp³-hybridized carbons (Fsp3) is 0.381. The first-order valence-corrected chi connectivity index (χ1v) is 9.78. The van der Waals surface area contributed by atoms with E-state index in [9.17, 15) is 0 Å². The number of ether oxygens (including phenoxy) is 1. The van der Waals surface area contributed by atoms with E-state index in [0.29, 0.717) is 19.0 Å². The molecule has 0 fully saturated rings. The second-order valence-corrected chi connectivity index (χ2v) is 6.47. The molecule has 0 atom stereocenters. The molecule has 0 saturated heterocycles. The van der Waals surface area contributed by atoms with Crippen LogP contribution in [0.1, 0.15) is 36.6 Å². The average molecular weight is 396 g/mol. The lowest BCUT2D eigenvalue weighted by atomic mass is 10.1. The van der Waals surface area contributed by atoms with E-state index < -0.39 is 0 Å². The Kier molecular flexibility index (Phi) is 6.89. The van der Waals surface area contributed by atoms with Crippen molar-refractivity contribution in [3.63, 3.8) is 0 Å². The Bertz CT molecular complexity index is 921. The molecule has 154 valence electrons. The number of nitrogens with zero attached hydrogens (tertiary/aromatic N) is 4. The van der Waals surface area contributed by atoms with Gasteiger partial charge in [0.1, 0.15) is 11.5 Å². The molecule has 2 aromatic heterocycles. The van der Waals surface area contributed by atoms with Crippen LogP contribution >= 0.6 is 0 Å². The van der Waals surface area contributed by atoms with Crippen LogP contribution in [0.5, 0.6) is 5.75 Å². The predicted molar refractivity (Wildman–Crippen MR) is 112 cm³/mol. The van der Waals surface area contributed by atoms with Crippen LogP contribution in [0.2, 0.25) is 0 Å². The van der Waals surface area contributed by atoms with Crippen molar-refractivity contribution in [2.75, 3.05) is 14.2 Å². The largest absolute Gasteiger partial charge is 0.497 e. The molecule has 0 aliphatic heterocycles. The molecule has 8 heteroatoms. The summed E-state index contributed by atoms with van der Waals surface area (Å²) in [6, 6.07) is 9.76. The van der Waals surface area contributed by atoms with Gasteiger partial charge in [0.15, 0.2) is 5.96 Å². The zero-order valence-corrected chi connectivity index (χ0v) is 17.4. The Morgan fingerprint density at radius 2 is 1.86 bits per heavy atom. The number of hydrogen-bond donors (Lipinski definition) is 2. The molecule has 29 heavy (non-hydrogen) atoms. The fourth-order valence-electron chi connectivity index (χ4n) is 3.04. The molecule has 0 spiro atoms. The molecule has 0 radical (unpaired) electrons. The van der Waals surface area contributed by atoms with Crippen LogP contribution in [0.15, 0.2) is 46.0 Å². The third kappa shape index (κ3) is 4.96. The second kappa shape index (κ2) is 9.77. The summed E-state index contributed by atoms with van der Waals surface area (Å²) in [4.78, 5) is 4.29. The number of benzene rings is 1. The lowest BCUT2D eigenvalue weighted by Gasteiger charge is -2.11. The van der Waals surface area contributed by atoms with Crippen molar-refractivity contribution in [3.8, 4) is 11.4 Å². The van der Waals surface area contributed by atoms with Crippen LogP contribution < -0.4 is 15.4 Å². The van der Waals surface area contributed by atoms with Crippen LogP contribution in [-0.4, -0.2) is 35.1 Å². The topological polar surface area (TPSA) is 89.5 Å². The molecule has 0 saturated carbocycles. The summed E-state index contributed by atoms with van der Waals surface area (Å²) in [5.41, 5.74) is 3.99. The standard InChI is InChI=1S/C21H28N6O2/c1-5-19-18(20(6-2)29-26-19)14-24-21(22-3)23-13-15-11-12-27(25-15)16-7-9-17(28-4)10-8-16/h7-12H,5-6,13-14H2,1-4H3,(H2,22,23,24). The number of methoxy groups -OCH3 is 1. The SMILES string of the molecule is CCc1noc(CC)c1CNC(=NC)NCc1ccn(-c2ccc(OC)cc2)n1. The number of guanidine groups is 1. The molecule has 8 nitrogen and oxygen atoms in total. The molecule has 3 aromatic rings. The van der Waals surface area contributed by atoms with Crippen LogP contribution in [0.25, 0.3) is 5.69 Å². The van der Waals surface area contributed by atoms with Gasteiger partial charge in [-0.3, -0.25) is 4.99 Å². The van der Waals surface area contributed by atoms with Crippen molar-refractivity contribution in [1.29, 1.82) is 0 Å². The Balaban J connectivity index is 1.57. The molecule has 2 N–H and O–H groups in total. The number of hydrogen-bond acceptors (Lipinski definition) is 5. The number of aliphatic imine (C=N–C) groups is 1. The van der Waals surface area contributed by atoms with E-state index in [-0.39, 0.29) is 0 Å². The van der Waals surface area contributed by atoms with Gasteiger partial charge in [-0.05, 0) is 36.8 Å². The Hall–Kier alpha value is -3.29. The van der Waals surface area contributed by atoms with E-state index in [1.54, 1.807) is 14.2 Å². The Labute approximate surface area is 171 Å². The van der Waals surface area contributed by atoms with E-state index in [4.69, 9.17) is 9.26 Å². The van der Waals surface area contributed by atoms with E-state index in [2.05, 4.69) is 39.7 Å². The van der Waals surface area contributed by atoms with E-state index in [1.165, 1.54) is 0 Å². The van der Waals surface area contributed by atoms with Crippen molar-refractivity contribution in [2.24, 2.45) is 4.99 Å². The number of aryl methyl sites for hydroxylation is 2.